The molecule has 1 spiro atoms. The summed E-state index contributed by atoms with van der Waals surface area (Å²) in [5, 5.41) is 5.03. The number of aromatic amines is 1. The fraction of sp³-hybridized carbons (Fsp3) is 0.550. The molecule has 0 radical (unpaired) electrons. The highest BCUT2D eigenvalue weighted by Crippen LogP contribution is 2.45. The Morgan fingerprint density at radius 3 is 2.93 bits per heavy atom. The van der Waals surface area contributed by atoms with Crippen LogP contribution in [-0.4, -0.2) is 42.8 Å². The van der Waals surface area contributed by atoms with Crippen LogP contribution in [0.5, 0.6) is 0 Å². The molecular weight excluding hydrogens is 368 g/mol. The van der Waals surface area contributed by atoms with Crippen LogP contribution in [0.2, 0.25) is 0 Å². The van der Waals surface area contributed by atoms with E-state index in [9.17, 15) is 4.79 Å². The van der Waals surface area contributed by atoms with Crippen LogP contribution < -0.4 is 16.2 Å². The number of nitrogen functional groups attached to an aromatic ring is 1. The molecule has 1 atom stereocenters. The van der Waals surface area contributed by atoms with Gasteiger partial charge in [0.05, 0.1) is 17.3 Å². The van der Waals surface area contributed by atoms with Crippen molar-refractivity contribution in [3.63, 3.8) is 0 Å². The van der Waals surface area contributed by atoms with Gasteiger partial charge in [0.15, 0.2) is 5.65 Å². The van der Waals surface area contributed by atoms with E-state index in [0.29, 0.717) is 17.7 Å². The fourth-order valence-electron chi connectivity index (χ4n) is 5.09. The number of nitrogens with one attached hydrogen (secondary N) is 1. The normalized spacial score (nSPS) is 23.8. The van der Waals surface area contributed by atoms with E-state index in [-0.39, 0.29) is 11.0 Å². The van der Waals surface area contributed by atoms with E-state index in [1.54, 1.807) is 10.9 Å². The Balaban J connectivity index is 1.41. The molecule has 3 aliphatic rings. The first-order chi connectivity index (χ1) is 14.0. The fourth-order valence-corrected chi connectivity index (χ4v) is 5.09. The van der Waals surface area contributed by atoms with Crippen LogP contribution in [0.25, 0.3) is 11.0 Å². The standard InChI is InChI=1S/C20H24N8O/c1-27-17-13(9-22-27)15(21)24-19(26-17)28-8-2-6-20(10-28)7-5-12-14(20)23-16(11-3-4-11)25-18(12)29/h9,11H,2-8,10H2,1H3,(H2,21,24,26)(H,23,25,29). The number of nitrogens with two attached hydrogens (primary N) is 1. The lowest BCUT2D eigenvalue weighted by atomic mass is 9.77. The molecule has 1 unspecified atom stereocenters. The van der Waals surface area contributed by atoms with E-state index in [4.69, 9.17) is 15.7 Å². The molecule has 0 aromatic carbocycles. The molecular formula is C20H24N8O. The van der Waals surface area contributed by atoms with Crippen LogP contribution in [-0.2, 0) is 18.9 Å². The summed E-state index contributed by atoms with van der Waals surface area (Å²) in [4.78, 5) is 32.2. The minimum absolute atomic E-state index is 0.0581. The zero-order valence-corrected chi connectivity index (χ0v) is 16.5. The van der Waals surface area contributed by atoms with Crippen molar-refractivity contribution in [2.75, 3.05) is 23.7 Å². The van der Waals surface area contributed by atoms with E-state index in [1.807, 2.05) is 7.05 Å². The monoisotopic (exact) mass is 392 g/mol. The molecule has 0 amide bonds. The van der Waals surface area contributed by atoms with Gasteiger partial charge in [-0.25, -0.2) is 4.98 Å². The van der Waals surface area contributed by atoms with E-state index < -0.39 is 0 Å². The van der Waals surface area contributed by atoms with Crippen LogP contribution in [0.4, 0.5) is 11.8 Å². The van der Waals surface area contributed by atoms with E-state index in [2.05, 4.69) is 20.0 Å². The largest absolute Gasteiger partial charge is 0.383 e. The Morgan fingerprint density at radius 1 is 1.24 bits per heavy atom. The number of aromatic nitrogens is 6. The number of hydrogen-bond acceptors (Lipinski definition) is 7. The average Bonchev–Trinajstić information content (AvgIpc) is 3.42. The predicted molar refractivity (Wildman–Crippen MR) is 109 cm³/mol. The number of anilines is 2. The Labute approximate surface area is 167 Å². The molecule has 3 aromatic heterocycles. The van der Waals surface area contributed by atoms with Gasteiger partial charge in [0.25, 0.3) is 5.56 Å². The minimum atomic E-state index is -0.106. The Bertz CT molecular complexity index is 1190. The first kappa shape index (κ1) is 16.9. The van der Waals surface area contributed by atoms with Crippen LogP contribution >= 0.6 is 0 Å². The first-order valence-electron chi connectivity index (χ1n) is 10.4. The molecule has 6 rings (SSSR count). The summed E-state index contributed by atoms with van der Waals surface area (Å²) in [6, 6.07) is 0. The van der Waals surface area contributed by atoms with E-state index in [0.717, 1.165) is 79.7 Å². The van der Waals surface area contributed by atoms with Gasteiger partial charge in [0, 0.05) is 37.0 Å². The molecule has 9 nitrogen and oxygen atoms in total. The number of H-pyrrole nitrogens is 1. The SMILES string of the molecule is Cn1ncc2c(N)nc(N3CCCC4(CCc5c4nc(C4CC4)[nH]c5=O)C3)nc21. The van der Waals surface area contributed by atoms with Gasteiger partial charge in [-0.3, -0.25) is 9.48 Å². The van der Waals surface area contributed by atoms with Gasteiger partial charge in [-0.05, 0) is 38.5 Å². The van der Waals surface area contributed by atoms with Gasteiger partial charge >= 0.3 is 0 Å². The molecule has 1 saturated carbocycles. The minimum Gasteiger partial charge on any atom is -0.383 e. The van der Waals surface area contributed by atoms with Crippen LogP contribution in [0.1, 0.15) is 55.1 Å². The summed E-state index contributed by atoms with van der Waals surface area (Å²) >= 11 is 0. The lowest BCUT2D eigenvalue weighted by Crippen LogP contribution is -2.46. The lowest BCUT2D eigenvalue weighted by molar-refractivity contribution is 0.331. The Hall–Kier alpha value is -2.97. The third-order valence-corrected chi connectivity index (χ3v) is 6.82. The summed E-state index contributed by atoms with van der Waals surface area (Å²) in [5.41, 5.74) is 8.77. The lowest BCUT2D eigenvalue weighted by Gasteiger charge is -2.40. The predicted octanol–water partition coefficient (Wildman–Crippen LogP) is 1.39. The Morgan fingerprint density at radius 2 is 2.10 bits per heavy atom. The second-order valence-corrected chi connectivity index (χ2v) is 8.77. The van der Waals surface area contributed by atoms with Crippen LogP contribution in [0.15, 0.2) is 11.0 Å². The maximum Gasteiger partial charge on any atom is 0.254 e. The number of hydrogen-bond donors (Lipinski definition) is 2. The molecule has 3 aromatic rings. The third-order valence-electron chi connectivity index (χ3n) is 6.82. The number of fused-ring (bicyclic) bond motifs is 3. The highest BCUT2D eigenvalue weighted by molar-refractivity contribution is 5.86. The molecule has 3 N–H and O–H groups in total. The number of nitrogens with zero attached hydrogens (tertiary/aromatic N) is 6. The topological polar surface area (TPSA) is 119 Å². The summed E-state index contributed by atoms with van der Waals surface area (Å²) in [6.45, 7) is 1.64. The summed E-state index contributed by atoms with van der Waals surface area (Å²) < 4.78 is 1.73. The highest BCUT2D eigenvalue weighted by atomic mass is 16.1. The average molecular weight is 392 g/mol. The van der Waals surface area contributed by atoms with Crippen LogP contribution in [0, 0.1) is 0 Å². The molecule has 1 saturated heterocycles. The number of rotatable bonds is 2. The van der Waals surface area contributed by atoms with Gasteiger partial charge in [0.1, 0.15) is 11.6 Å². The van der Waals surface area contributed by atoms with Crippen molar-refractivity contribution in [2.45, 2.75) is 49.9 Å². The van der Waals surface area contributed by atoms with Gasteiger partial charge < -0.3 is 15.6 Å². The molecule has 2 fully saturated rings. The van der Waals surface area contributed by atoms with Gasteiger partial charge in [-0.2, -0.15) is 15.1 Å². The van der Waals surface area contributed by atoms with Crippen molar-refractivity contribution >= 4 is 22.8 Å². The second kappa shape index (κ2) is 5.77. The number of aryl methyl sites for hydroxylation is 1. The van der Waals surface area contributed by atoms with Gasteiger partial charge in [-0.15, -0.1) is 0 Å². The smallest absolute Gasteiger partial charge is 0.254 e. The number of piperidine rings is 1. The first-order valence-corrected chi connectivity index (χ1v) is 10.4. The summed E-state index contributed by atoms with van der Waals surface area (Å²) in [7, 11) is 1.86. The molecule has 0 bridgehead atoms. The van der Waals surface area contributed by atoms with Gasteiger partial charge in [-0.1, -0.05) is 0 Å². The molecule has 1 aliphatic heterocycles. The van der Waals surface area contributed by atoms with E-state index in [1.165, 1.54) is 0 Å². The van der Waals surface area contributed by atoms with Crippen molar-refractivity contribution in [3.8, 4) is 0 Å². The zero-order chi connectivity index (χ0) is 19.8. The zero-order valence-electron chi connectivity index (χ0n) is 16.5. The molecule has 4 heterocycles. The summed E-state index contributed by atoms with van der Waals surface area (Å²) in [5.74, 6) is 2.40. The van der Waals surface area contributed by atoms with Gasteiger partial charge in [0.2, 0.25) is 5.95 Å². The molecule has 2 aliphatic carbocycles. The van der Waals surface area contributed by atoms with E-state index >= 15 is 0 Å². The summed E-state index contributed by atoms with van der Waals surface area (Å²) in [6.07, 6.45) is 7.75. The molecule has 9 heteroatoms. The molecule has 29 heavy (non-hydrogen) atoms. The van der Waals surface area contributed by atoms with Crippen LogP contribution in [0.3, 0.4) is 0 Å². The van der Waals surface area contributed by atoms with Crippen molar-refractivity contribution < 1.29 is 0 Å². The quantitative estimate of drug-likeness (QED) is 0.676. The maximum atomic E-state index is 12.7. The van der Waals surface area contributed by atoms with Crippen molar-refractivity contribution in [1.82, 2.24) is 29.7 Å². The van der Waals surface area contributed by atoms with Crippen molar-refractivity contribution in [1.29, 1.82) is 0 Å². The third kappa shape index (κ3) is 2.49. The highest BCUT2D eigenvalue weighted by Gasteiger charge is 2.46. The Kier molecular flexibility index (Phi) is 3.37. The maximum absolute atomic E-state index is 12.7. The van der Waals surface area contributed by atoms with Crippen molar-refractivity contribution in [2.24, 2.45) is 7.05 Å². The molecule has 150 valence electrons. The second-order valence-electron chi connectivity index (χ2n) is 8.77. The van der Waals surface area contributed by atoms with Crippen molar-refractivity contribution in [3.05, 3.63) is 33.6 Å².